The number of carbonyl (C=O) groups is 2. The fourth-order valence-electron chi connectivity index (χ4n) is 1.41. The number of hydrogen-bond donors (Lipinski definition) is 3. The monoisotopic (exact) mass is 350 g/mol. The first-order valence-corrected chi connectivity index (χ1v) is 7.14. The summed E-state index contributed by atoms with van der Waals surface area (Å²) in [5.74, 6) is -1.27. The summed E-state index contributed by atoms with van der Waals surface area (Å²) in [5, 5.41) is 22.3. The maximum Gasteiger partial charge on any atom is 0.328 e. The van der Waals surface area contributed by atoms with Gasteiger partial charge >= 0.3 is 12.0 Å². The minimum absolute atomic E-state index is 0.361. The van der Waals surface area contributed by atoms with Crippen LogP contribution in [0, 0.1) is 0 Å². The Morgan fingerprint density at radius 3 is 2.63 bits per heavy atom. The fraction of sp³-hybridized carbons (Fsp3) is 0.455. The molecule has 1 aromatic heterocycles. The Labute approximate surface area is 123 Å². The van der Waals surface area contributed by atoms with Crippen molar-refractivity contribution in [3.63, 3.8) is 0 Å². The van der Waals surface area contributed by atoms with E-state index in [1.54, 1.807) is 7.05 Å². The van der Waals surface area contributed by atoms with Crippen molar-refractivity contribution in [2.75, 3.05) is 7.05 Å². The molecule has 0 saturated heterocycles. The Bertz CT molecular complexity index is 463. The lowest BCUT2D eigenvalue weighted by molar-refractivity contribution is -0.141. The highest BCUT2D eigenvalue weighted by Gasteiger charge is 2.26. The molecule has 3 N–H and O–H groups in total. The van der Waals surface area contributed by atoms with Crippen LogP contribution in [0.5, 0.6) is 0 Å². The molecule has 0 bridgehead atoms. The number of carbonyl (C=O) groups excluding carboxylic acids is 1. The number of rotatable bonds is 5. The van der Waals surface area contributed by atoms with Gasteiger partial charge in [0.15, 0.2) is 6.04 Å². The van der Waals surface area contributed by atoms with Crippen LogP contribution in [0.15, 0.2) is 15.2 Å². The average Bonchev–Trinajstić information content (AvgIpc) is 2.70. The Morgan fingerprint density at radius 1 is 1.58 bits per heavy atom. The molecule has 2 atom stereocenters. The summed E-state index contributed by atoms with van der Waals surface area (Å²) in [6.45, 7) is 1.68. The topological polar surface area (TPSA) is 89.9 Å². The van der Waals surface area contributed by atoms with Crippen LogP contribution in [-0.2, 0) is 11.3 Å². The second kappa shape index (κ2) is 6.88. The maximum atomic E-state index is 11.8. The van der Waals surface area contributed by atoms with Crippen molar-refractivity contribution < 1.29 is 19.8 Å². The molecule has 106 valence electrons. The van der Waals surface area contributed by atoms with Gasteiger partial charge in [0.2, 0.25) is 0 Å². The van der Waals surface area contributed by atoms with E-state index >= 15 is 0 Å². The van der Waals surface area contributed by atoms with Gasteiger partial charge in [-0.25, -0.2) is 9.59 Å². The van der Waals surface area contributed by atoms with Gasteiger partial charge in [-0.1, -0.05) is 0 Å². The second-order valence-electron chi connectivity index (χ2n) is 4.12. The molecule has 8 heteroatoms. The van der Waals surface area contributed by atoms with Crippen molar-refractivity contribution in [1.82, 2.24) is 10.2 Å². The molecule has 2 amide bonds. The lowest BCUT2D eigenvalue weighted by Crippen LogP contribution is -2.51. The van der Waals surface area contributed by atoms with E-state index in [9.17, 15) is 14.7 Å². The lowest BCUT2D eigenvalue weighted by Gasteiger charge is -2.22. The van der Waals surface area contributed by atoms with Gasteiger partial charge in [0.1, 0.15) is 0 Å². The van der Waals surface area contributed by atoms with E-state index in [4.69, 9.17) is 5.11 Å². The van der Waals surface area contributed by atoms with Gasteiger partial charge in [-0.2, -0.15) is 0 Å². The number of urea groups is 1. The summed E-state index contributed by atoms with van der Waals surface area (Å²) < 4.78 is 0.962. The van der Waals surface area contributed by atoms with Gasteiger partial charge in [-0.15, -0.1) is 11.3 Å². The van der Waals surface area contributed by atoms with Crippen molar-refractivity contribution in [3.8, 4) is 0 Å². The molecule has 0 spiro atoms. The summed E-state index contributed by atoms with van der Waals surface area (Å²) in [6, 6.07) is 0.0254. The van der Waals surface area contributed by atoms with E-state index in [1.165, 1.54) is 23.2 Å². The van der Waals surface area contributed by atoms with Crippen LogP contribution >= 0.6 is 27.3 Å². The van der Waals surface area contributed by atoms with Gasteiger partial charge < -0.3 is 20.4 Å². The zero-order valence-corrected chi connectivity index (χ0v) is 12.9. The fourth-order valence-corrected chi connectivity index (χ4v) is 2.61. The van der Waals surface area contributed by atoms with E-state index in [-0.39, 0.29) is 0 Å². The van der Waals surface area contributed by atoms with Gasteiger partial charge in [-0.3, -0.25) is 0 Å². The van der Waals surface area contributed by atoms with Crippen molar-refractivity contribution in [2.45, 2.75) is 25.6 Å². The second-order valence-corrected chi connectivity index (χ2v) is 6.41. The van der Waals surface area contributed by atoms with Crippen LogP contribution in [0.3, 0.4) is 0 Å². The summed E-state index contributed by atoms with van der Waals surface area (Å²) in [4.78, 5) is 24.0. The standard InChI is InChI=1S/C11H15BrN2O4S/c1-6(15)9(10(16)17)13-11(18)14(2)4-7-3-8(12)19-5-7/h3,5-6,9,15H,4H2,1-2H3,(H,13,18)(H,16,17). The summed E-state index contributed by atoms with van der Waals surface area (Å²) >= 11 is 4.83. The molecule has 1 heterocycles. The number of carboxylic acids is 1. The van der Waals surface area contributed by atoms with Crippen LogP contribution in [0.4, 0.5) is 4.79 Å². The number of amides is 2. The summed E-state index contributed by atoms with van der Waals surface area (Å²) in [6.07, 6.45) is -1.16. The normalized spacial score (nSPS) is 13.7. The number of aliphatic carboxylic acids is 1. The first-order chi connectivity index (χ1) is 8.81. The third-order valence-corrected chi connectivity index (χ3v) is 3.97. The maximum absolute atomic E-state index is 11.8. The zero-order chi connectivity index (χ0) is 14.6. The van der Waals surface area contributed by atoms with Gasteiger partial charge in [-0.05, 0) is 39.9 Å². The molecule has 0 aliphatic carbocycles. The van der Waals surface area contributed by atoms with E-state index in [0.717, 1.165) is 9.35 Å². The Kier molecular flexibility index (Phi) is 5.77. The zero-order valence-electron chi connectivity index (χ0n) is 10.5. The number of hydrogen-bond acceptors (Lipinski definition) is 4. The molecule has 0 aliphatic rings. The number of halogens is 1. The number of nitrogens with zero attached hydrogens (tertiary/aromatic N) is 1. The number of nitrogens with one attached hydrogen (secondary N) is 1. The van der Waals surface area contributed by atoms with Gasteiger partial charge in [0, 0.05) is 13.6 Å². The molecule has 0 aromatic carbocycles. The minimum atomic E-state index is -1.32. The molecule has 0 saturated carbocycles. The molecule has 2 unspecified atom stereocenters. The molecule has 19 heavy (non-hydrogen) atoms. The third kappa shape index (κ3) is 4.81. The summed E-state index contributed by atoms with van der Waals surface area (Å²) in [5.41, 5.74) is 0.943. The number of carboxylic acid groups (broad SMARTS) is 1. The van der Waals surface area contributed by atoms with Crippen LogP contribution < -0.4 is 5.32 Å². The van der Waals surface area contributed by atoms with Crippen LogP contribution in [0.1, 0.15) is 12.5 Å². The van der Waals surface area contributed by atoms with E-state index in [2.05, 4.69) is 21.2 Å². The highest BCUT2D eigenvalue weighted by atomic mass is 79.9. The third-order valence-electron chi connectivity index (χ3n) is 2.42. The first kappa shape index (κ1) is 15.9. The molecular weight excluding hydrogens is 336 g/mol. The molecule has 0 radical (unpaired) electrons. The first-order valence-electron chi connectivity index (χ1n) is 5.46. The highest BCUT2D eigenvalue weighted by molar-refractivity contribution is 9.11. The quantitative estimate of drug-likeness (QED) is 0.750. The van der Waals surface area contributed by atoms with Crippen molar-refractivity contribution in [1.29, 1.82) is 0 Å². The highest BCUT2D eigenvalue weighted by Crippen LogP contribution is 2.21. The summed E-state index contributed by atoms with van der Waals surface area (Å²) in [7, 11) is 1.56. The van der Waals surface area contributed by atoms with Crippen LogP contribution in [-0.4, -0.2) is 46.3 Å². The predicted molar refractivity (Wildman–Crippen MR) is 75.1 cm³/mol. The average molecular weight is 351 g/mol. The van der Waals surface area contributed by atoms with Crippen LogP contribution in [0.25, 0.3) is 0 Å². The minimum Gasteiger partial charge on any atom is -0.480 e. The van der Waals surface area contributed by atoms with Gasteiger partial charge in [0.25, 0.3) is 0 Å². The lowest BCUT2D eigenvalue weighted by atomic mass is 10.2. The van der Waals surface area contributed by atoms with Gasteiger partial charge in [0.05, 0.1) is 9.89 Å². The Balaban J connectivity index is 2.59. The number of aliphatic hydroxyl groups is 1. The Hall–Kier alpha value is -1.12. The smallest absolute Gasteiger partial charge is 0.328 e. The number of thiophene rings is 1. The predicted octanol–water partition coefficient (Wildman–Crippen LogP) is 1.49. The van der Waals surface area contributed by atoms with Crippen molar-refractivity contribution >= 4 is 39.3 Å². The van der Waals surface area contributed by atoms with E-state index in [1.807, 2.05) is 11.4 Å². The largest absolute Gasteiger partial charge is 0.480 e. The molecular formula is C11H15BrN2O4S. The SMILES string of the molecule is CC(O)C(NC(=O)N(C)Cc1csc(Br)c1)C(=O)O. The van der Waals surface area contributed by atoms with Crippen LogP contribution in [0.2, 0.25) is 0 Å². The molecule has 0 aliphatic heterocycles. The Morgan fingerprint density at radius 2 is 2.21 bits per heavy atom. The molecule has 6 nitrogen and oxygen atoms in total. The molecule has 1 rings (SSSR count). The number of aliphatic hydroxyl groups excluding tert-OH is 1. The van der Waals surface area contributed by atoms with Crippen molar-refractivity contribution in [3.05, 3.63) is 20.8 Å². The molecule has 0 fully saturated rings. The van der Waals surface area contributed by atoms with E-state index < -0.39 is 24.1 Å². The van der Waals surface area contributed by atoms with Crippen molar-refractivity contribution in [2.24, 2.45) is 0 Å². The molecule has 1 aromatic rings. The van der Waals surface area contributed by atoms with E-state index in [0.29, 0.717) is 6.54 Å².